The molecule has 0 spiro atoms. The molecule has 0 aromatic carbocycles. The first kappa shape index (κ1) is 16.9. The molecule has 0 saturated carbocycles. The molecule has 21 heavy (non-hydrogen) atoms. The molecular weight excluding hydrogens is 340 g/mol. The Hall–Kier alpha value is -0.510. The summed E-state index contributed by atoms with van der Waals surface area (Å²) in [6.07, 6.45) is 3.33. The summed E-state index contributed by atoms with van der Waals surface area (Å²) in [4.78, 5) is 0. The second-order valence-corrected chi connectivity index (χ2v) is 5.93. The van der Waals surface area contributed by atoms with Crippen LogP contribution < -0.4 is 11.3 Å². The van der Waals surface area contributed by atoms with Crippen LogP contribution >= 0.6 is 15.9 Å². The van der Waals surface area contributed by atoms with Gasteiger partial charge in [-0.25, -0.2) is 5.43 Å². The third-order valence-corrected chi connectivity index (χ3v) is 4.66. The van der Waals surface area contributed by atoms with Gasteiger partial charge in [0.1, 0.15) is 0 Å². The van der Waals surface area contributed by atoms with Crippen molar-refractivity contribution in [1.82, 2.24) is 15.2 Å². The van der Waals surface area contributed by atoms with Gasteiger partial charge in [0.15, 0.2) is 0 Å². The summed E-state index contributed by atoms with van der Waals surface area (Å²) >= 11 is 3.56. The summed E-state index contributed by atoms with van der Waals surface area (Å²) in [5.74, 6) is 5.86. The fraction of sp³-hybridized carbons (Fsp3) is 0.769. The van der Waals surface area contributed by atoms with Gasteiger partial charge in [-0.05, 0) is 15.9 Å². The Labute approximate surface area is 133 Å². The quantitative estimate of drug-likeness (QED) is 0.555. The molecule has 2 heterocycles. The summed E-state index contributed by atoms with van der Waals surface area (Å²) in [6, 6.07) is -0.180. The smallest absolute Gasteiger partial charge is 0.0944 e. The van der Waals surface area contributed by atoms with Crippen molar-refractivity contribution < 1.29 is 14.2 Å². The number of nitrogens with one attached hydrogen (secondary N) is 1. The molecule has 1 aromatic rings. The molecule has 1 unspecified atom stereocenters. The fourth-order valence-corrected chi connectivity index (χ4v) is 3.35. The average molecular weight is 363 g/mol. The van der Waals surface area contributed by atoms with E-state index in [1.54, 1.807) is 20.4 Å². The van der Waals surface area contributed by atoms with Crippen LogP contribution in [-0.2, 0) is 20.8 Å². The van der Waals surface area contributed by atoms with E-state index in [9.17, 15) is 0 Å². The molecule has 2 rings (SSSR count). The lowest BCUT2D eigenvalue weighted by Crippen LogP contribution is -2.52. The van der Waals surface area contributed by atoms with Crippen molar-refractivity contribution >= 4 is 15.9 Å². The van der Waals surface area contributed by atoms with Gasteiger partial charge in [0.2, 0.25) is 0 Å². The number of halogens is 1. The Morgan fingerprint density at radius 3 is 2.81 bits per heavy atom. The zero-order chi connectivity index (χ0) is 15.3. The normalized spacial score (nSPS) is 19.6. The predicted octanol–water partition coefficient (Wildman–Crippen LogP) is 0.992. The number of aromatic nitrogens is 2. The number of nitrogens with two attached hydrogens (primary N) is 1. The minimum atomic E-state index is -0.402. The zero-order valence-electron chi connectivity index (χ0n) is 12.5. The number of hydrogen-bond acceptors (Lipinski definition) is 6. The van der Waals surface area contributed by atoms with E-state index in [0.717, 1.165) is 23.0 Å². The summed E-state index contributed by atoms with van der Waals surface area (Å²) in [6.45, 7) is 2.57. The first-order valence-electron chi connectivity index (χ1n) is 6.97. The largest absolute Gasteiger partial charge is 0.383 e. The molecule has 3 N–H and O–H groups in total. The van der Waals surface area contributed by atoms with Gasteiger partial charge in [-0.1, -0.05) is 0 Å². The van der Waals surface area contributed by atoms with Crippen LogP contribution in [0, 0.1) is 0 Å². The van der Waals surface area contributed by atoms with Gasteiger partial charge >= 0.3 is 0 Å². The Morgan fingerprint density at radius 2 is 2.24 bits per heavy atom. The van der Waals surface area contributed by atoms with Crippen LogP contribution in [0.4, 0.5) is 0 Å². The molecule has 1 fully saturated rings. The second-order valence-electron chi connectivity index (χ2n) is 5.07. The highest BCUT2D eigenvalue weighted by molar-refractivity contribution is 9.10. The molecule has 0 bridgehead atoms. The van der Waals surface area contributed by atoms with Gasteiger partial charge in [0.25, 0.3) is 0 Å². The van der Waals surface area contributed by atoms with Gasteiger partial charge in [0.05, 0.1) is 41.2 Å². The van der Waals surface area contributed by atoms with Crippen LogP contribution in [-0.4, -0.2) is 49.4 Å². The Morgan fingerprint density at radius 1 is 1.52 bits per heavy atom. The van der Waals surface area contributed by atoms with Crippen LogP contribution in [0.1, 0.15) is 24.6 Å². The minimum Gasteiger partial charge on any atom is -0.383 e. The van der Waals surface area contributed by atoms with Gasteiger partial charge in [-0.15, -0.1) is 0 Å². The first-order chi connectivity index (χ1) is 10.2. The highest BCUT2D eigenvalue weighted by Crippen LogP contribution is 2.39. The maximum atomic E-state index is 5.86. The van der Waals surface area contributed by atoms with Crippen molar-refractivity contribution in [2.24, 2.45) is 5.84 Å². The standard InChI is InChI=1S/C13H23BrN4O3/c1-19-8-5-18-11(10(14)9-16-18)12(17-15)13(20-2)3-6-21-7-4-13/h9,12,17H,3-8,15H2,1-2H3. The second kappa shape index (κ2) is 7.66. The van der Waals surface area contributed by atoms with Crippen molar-refractivity contribution in [2.45, 2.75) is 31.0 Å². The molecule has 120 valence electrons. The lowest BCUT2D eigenvalue weighted by atomic mass is 9.84. The lowest BCUT2D eigenvalue weighted by molar-refractivity contribution is -0.113. The van der Waals surface area contributed by atoms with E-state index in [-0.39, 0.29) is 6.04 Å². The predicted molar refractivity (Wildman–Crippen MR) is 81.7 cm³/mol. The van der Waals surface area contributed by atoms with Crippen LogP contribution in [0.2, 0.25) is 0 Å². The van der Waals surface area contributed by atoms with Crippen molar-refractivity contribution in [3.8, 4) is 0 Å². The maximum Gasteiger partial charge on any atom is 0.0944 e. The maximum absolute atomic E-state index is 5.86. The number of nitrogens with zero attached hydrogens (tertiary/aromatic N) is 2. The van der Waals surface area contributed by atoms with Crippen LogP contribution in [0.15, 0.2) is 10.7 Å². The SMILES string of the molecule is COCCn1ncc(Br)c1C(NN)C1(OC)CCOCC1. The monoisotopic (exact) mass is 362 g/mol. The molecule has 1 atom stereocenters. The van der Waals surface area contributed by atoms with Crippen LogP contribution in [0.3, 0.4) is 0 Å². The highest BCUT2D eigenvalue weighted by Gasteiger charge is 2.43. The topological polar surface area (TPSA) is 83.6 Å². The fourth-order valence-electron chi connectivity index (χ4n) is 2.82. The minimum absolute atomic E-state index is 0.180. The van der Waals surface area contributed by atoms with Crippen molar-refractivity contribution in [3.05, 3.63) is 16.4 Å². The molecule has 8 heteroatoms. The highest BCUT2D eigenvalue weighted by atomic mass is 79.9. The molecule has 1 aliphatic rings. The van der Waals surface area contributed by atoms with Crippen molar-refractivity contribution in [1.29, 1.82) is 0 Å². The number of ether oxygens (including phenoxy) is 3. The molecule has 0 amide bonds. The Kier molecular flexibility index (Phi) is 6.15. The summed E-state index contributed by atoms with van der Waals surface area (Å²) in [7, 11) is 3.39. The van der Waals surface area contributed by atoms with Gasteiger partial charge in [0, 0.05) is 40.3 Å². The van der Waals surface area contributed by atoms with E-state index >= 15 is 0 Å². The average Bonchev–Trinajstić information content (AvgIpc) is 2.88. The van der Waals surface area contributed by atoms with E-state index in [0.29, 0.717) is 26.4 Å². The van der Waals surface area contributed by atoms with Crippen LogP contribution in [0.25, 0.3) is 0 Å². The van der Waals surface area contributed by atoms with Gasteiger partial charge < -0.3 is 14.2 Å². The first-order valence-corrected chi connectivity index (χ1v) is 7.77. The Bertz CT molecular complexity index is 449. The summed E-state index contributed by atoms with van der Waals surface area (Å²) in [5, 5.41) is 4.39. The molecule has 1 aliphatic heterocycles. The van der Waals surface area contributed by atoms with Crippen LogP contribution in [0.5, 0.6) is 0 Å². The summed E-state index contributed by atoms with van der Waals surface area (Å²) < 4.78 is 19.3. The van der Waals surface area contributed by atoms with Crippen molar-refractivity contribution in [3.63, 3.8) is 0 Å². The summed E-state index contributed by atoms with van der Waals surface area (Å²) in [5.41, 5.74) is 3.48. The Balaban J connectivity index is 2.33. The van der Waals surface area contributed by atoms with E-state index in [1.165, 1.54) is 0 Å². The third kappa shape index (κ3) is 3.46. The molecule has 1 aromatic heterocycles. The van der Waals surface area contributed by atoms with E-state index in [1.807, 2.05) is 4.68 Å². The van der Waals surface area contributed by atoms with E-state index in [2.05, 4.69) is 26.5 Å². The van der Waals surface area contributed by atoms with E-state index < -0.39 is 5.60 Å². The van der Waals surface area contributed by atoms with Gasteiger partial charge in [-0.3, -0.25) is 10.5 Å². The number of hydrogen-bond donors (Lipinski definition) is 2. The van der Waals surface area contributed by atoms with Gasteiger partial charge in [-0.2, -0.15) is 5.10 Å². The van der Waals surface area contributed by atoms with E-state index in [4.69, 9.17) is 20.1 Å². The molecule has 7 nitrogen and oxygen atoms in total. The molecule has 1 saturated heterocycles. The zero-order valence-corrected chi connectivity index (χ0v) is 14.1. The number of hydrazine groups is 1. The number of rotatable bonds is 7. The molecule has 0 aliphatic carbocycles. The number of methoxy groups -OCH3 is 2. The lowest BCUT2D eigenvalue weighted by Gasteiger charge is -2.42. The third-order valence-electron chi connectivity index (χ3n) is 4.05. The van der Waals surface area contributed by atoms with Crippen molar-refractivity contribution in [2.75, 3.05) is 34.0 Å². The molecule has 0 radical (unpaired) electrons. The molecular formula is C13H23BrN4O3.